The van der Waals surface area contributed by atoms with Gasteiger partial charge in [0.1, 0.15) is 5.82 Å². The first-order valence-electron chi connectivity index (χ1n) is 6.66. The lowest BCUT2D eigenvalue weighted by Gasteiger charge is -2.05. The highest BCUT2D eigenvalue weighted by Gasteiger charge is 2.10. The SMILES string of the molecule is COc1c(F)cc(F)cc1C=NN=C(N)SCc1ccccc1. The van der Waals surface area contributed by atoms with E-state index in [9.17, 15) is 8.78 Å². The first-order chi connectivity index (χ1) is 11.1. The second kappa shape index (κ2) is 8.28. The third kappa shape index (κ3) is 5.07. The summed E-state index contributed by atoms with van der Waals surface area (Å²) in [5.41, 5.74) is 6.99. The molecule has 2 aromatic carbocycles. The van der Waals surface area contributed by atoms with Gasteiger partial charge < -0.3 is 10.5 Å². The Morgan fingerprint density at radius 1 is 1.26 bits per heavy atom. The molecule has 0 amide bonds. The highest BCUT2D eigenvalue weighted by atomic mass is 32.2. The largest absolute Gasteiger partial charge is 0.493 e. The number of ether oxygens (including phenoxy) is 1. The maximum atomic E-state index is 13.5. The minimum Gasteiger partial charge on any atom is -0.493 e. The quantitative estimate of drug-likeness (QED) is 0.516. The van der Waals surface area contributed by atoms with Crippen molar-refractivity contribution in [1.82, 2.24) is 0 Å². The summed E-state index contributed by atoms with van der Waals surface area (Å²) >= 11 is 1.32. The lowest BCUT2D eigenvalue weighted by Crippen LogP contribution is -2.06. The number of nitrogens with two attached hydrogens (primary N) is 1. The number of rotatable bonds is 5. The van der Waals surface area contributed by atoms with E-state index in [4.69, 9.17) is 10.5 Å². The molecular formula is C16H15F2N3OS. The number of benzene rings is 2. The highest BCUT2D eigenvalue weighted by Crippen LogP contribution is 2.22. The van der Waals surface area contributed by atoms with Gasteiger partial charge in [0, 0.05) is 17.4 Å². The fraction of sp³-hybridized carbons (Fsp3) is 0.125. The summed E-state index contributed by atoms with van der Waals surface area (Å²) in [6.07, 6.45) is 1.20. The Morgan fingerprint density at radius 3 is 2.70 bits per heavy atom. The fourth-order valence-electron chi connectivity index (χ4n) is 1.80. The minimum atomic E-state index is -0.802. The molecule has 0 aliphatic heterocycles. The molecular weight excluding hydrogens is 320 g/mol. The number of methoxy groups -OCH3 is 1. The third-order valence-electron chi connectivity index (χ3n) is 2.82. The summed E-state index contributed by atoms with van der Waals surface area (Å²) < 4.78 is 31.6. The molecule has 0 saturated carbocycles. The van der Waals surface area contributed by atoms with Crippen LogP contribution in [-0.2, 0) is 5.75 Å². The van der Waals surface area contributed by atoms with Crippen LogP contribution in [0.2, 0.25) is 0 Å². The molecule has 0 aliphatic rings. The number of thioether (sulfide) groups is 1. The molecule has 0 aliphatic carbocycles. The van der Waals surface area contributed by atoms with E-state index in [2.05, 4.69) is 10.2 Å². The summed E-state index contributed by atoms with van der Waals surface area (Å²) in [5.74, 6) is -0.964. The molecule has 0 spiro atoms. The van der Waals surface area contributed by atoms with Crippen LogP contribution in [-0.4, -0.2) is 18.5 Å². The molecule has 120 valence electrons. The standard InChI is InChI=1S/C16H15F2N3OS/c1-22-15-12(7-13(17)8-14(15)18)9-20-21-16(19)23-10-11-5-3-2-4-6-11/h2-9H,10H2,1H3,(H2,19,21). The molecule has 0 unspecified atom stereocenters. The molecule has 2 rings (SSSR count). The van der Waals surface area contributed by atoms with Crippen molar-refractivity contribution < 1.29 is 13.5 Å². The van der Waals surface area contributed by atoms with Gasteiger partial charge in [-0.2, -0.15) is 5.10 Å². The summed E-state index contributed by atoms with van der Waals surface area (Å²) in [6, 6.07) is 11.6. The van der Waals surface area contributed by atoms with Crippen molar-refractivity contribution in [3.63, 3.8) is 0 Å². The Balaban J connectivity index is 2.02. The zero-order valence-electron chi connectivity index (χ0n) is 12.4. The zero-order valence-corrected chi connectivity index (χ0v) is 13.2. The van der Waals surface area contributed by atoms with Gasteiger partial charge in [-0.1, -0.05) is 42.1 Å². The van der Waals surface area contributed by atoms with Crippen molar-refractivity contribution in [1.29, 1.82) is 0 Å². The van der Waals surface area contributed by atoms with Crippen LogP contribution in [0.15, 0.2) is 52.7 Å². The summed E-state index contributed by atoms with van der Waals surface area (Å²) in [6.45, 7) is 0. The van der Waals surface area contributed by atoms with Gasteiger partial charge in [-0.05, 0) is 11.6 Å². The van der Waals surface area contributed by atoms with Crippen molar-refractivity contribution >= 4 is 23.1 Å². The molecule has 0 heterocycles. The number of amidine groups is 1. The van der Waals surface area contributed by atoms with E-state index in [0.29, 0.717) is 5.75 Å². The molecule has 0 aromatic heterocycles. The van der Waals surface area contributed by atoms with Gasteiger partial charge in [0.15, 0.2) is 16.7 Å². The molecule has 0 fully saturated rings. The Labute approximate surface area is 137 Å². The van der Waals surface area contributed by atoms with E-state index in [1.54, 1.807) is 0 Å². The molecule has 2 N–H and O–H groups in total. The monoisotopic (exact) mass is 335 g/mol. The normalized spacial score (nSPS) is 11.9. The Kier molecular flexibility index (Phi) is 6.10. The zero-order chi connectivity index (χ0) is 16.7. The maximum absolute atomic E-state index is 13.5. The molecule has 7 heteroatoms. The lowest BCUT2D eigenvalue weighted by atomic mass is 10.2. The van der Waals surface area contributed by atoms with E-state index in [1.165, 1.54) is 25.1 Å². The van der Waals surface area contributed by atoms with E-state index in [1.807, 2.05) is 30.3 Å². The average Bonchev–Trinajstić information content (AvgIpc) is 2.53. The Bertz CT molecular complexity index is 721. The van der Waals surface area contributed by atoms with Crippen LogP contribution < -0.4 is 10.5 Å². The topological polar surface area (TPSA) is 60.0 Å². The van der Waals surface area contributed by atoms with Crippen molar-refractivity contribution in [2.45, 2.75) is 5.75 Å². The predicted molar refractivity (Wildman–Crippen MR) is 89.9 cm³/mol. The Hall–Kier alpha value is -2.41. The van der Waals surface area contributed by atoms with Crippen molar-refractivity contribution in [3.8, 4) is 5.75 Å². The number of halogens is 2. The van der Waals surface area contributed by atoms with Gasteiger partial charge in [-0.25, -0.2) is 8.78 Å². The lowest BCUT2D eigenvalue weighted by molar-refractivity contribution is 0.383. The van der Waals surface area contributed by atoms with Crippen LogP contribution in [0.4, 0.5) is 8.78 Å². The van der Waals surface area contributed by atoms with Gasteiger partial charge in [-0.15, -0.1) is 5.10 Å². The van der Waals surface area contributed by atoms with E-state index >= 15 is 0 Å². The molecule has 4 nitrogen and oxygen atoms in total. The van der Waals surface area contributed by atoms with Crippen molar-refractivity contribution in [2.75, 3.05) is 7.11 Å². The second-order valence-electron chi connectivity index (χ2n) is 4.47. The fourth-order valence-corrected chi connectivity index (χ4v) is 2.41. The summed E-state index contributed by atoms with van der Waals surface area (Å²) in [7, 11) is 1.29. The van der Waals surface area contributed by atoms with Gasteiger partial charge in [0.25, 0.3) is 0 Å². The molecule has 0 saturated heterocycles. The van der Waals surface area contributed by atoms with Crippen LogP contribution in [0.3, 0.4) is 0 Å². The summed E-state index contributed by atoms with van der Waals surface area (Å²) in [5, 5.41) is 7.79. The van der Waals surface area contributed by atoms with Crippen molar-refractivity contribution in [2.24, 2.45) is 15.9 Å². The second-order valence-corrected chi connectivity index (χ2v) is 5.46. The molecule has 2 aromatic rings. The Morgan fingerprint density at radius 2 is 2.00 bits per heavy atom. The highest BCUT2D eigenvalue weighted by molar-refractivity contribution is 8.13. The van der Waals surface area contributed by atoms with Crippen LogP contribution >= 0.6 is 11.8 Å². The van der Waals surface area contributed by atoms with Crippen molar-refractivity contribution in [3.05, 3.63) is 65.2 Å². The minimum absolute atomic E-state index is 0.0964. The van der Waals surface area contributed by atoms with Gasteiger partial charge >= 0.3 is 0 Å². The third-order valence-corrected chi connectivity index (χ3v) is 3.68. The number of hydrogen-bond acceptors (Lipinski definition) is 4. The smallest absolute Gasteiger partial charge is 0.180 e. The van der Waals surface area contributed by atoms with Crippen LogP contribution in [0, 0.1) is 11.6 Å². The van der Waals surface area contributed by atoms with Crippen LogP contribution in [0.5, 0.6) is 5.75 Å². The van der Waals surface area contributed by atoms with Gasteiger partial charge in [-0.3, -0.25) is 0 Å². The average molecular weight is 335 g/mol. The first kappa shape index (κ1) is 17.0. The predicted octanol–water partition coefficient (Wildman–Crippen LogP) is 3.56. The molecule has 0 bridgehead atoms. The van der Waals surface area contributed by atoms with E-state index < -0.39 is 11.6 Å². The maximum Gasteiger partial charge on any atom is 0.180 e. The molecule has 0 atom stereocenters. The molecule has 23 heavy (non-hydrogen) atoms. The van der Waals surface area contributed by atoms with Gasteiger partial charge in [0.2, 0.25) is 0 Å². The van der Waals surface area contributed by atoms with E-state index in [0.717, 1.165) is 17.7 Å². The molecule has 0 radical (unpaired) electrons. The first-order valence-corrected chi connectivity index (χ1v) is 7.65. The van der Waals surface area contributed by atoms with E-state index in [-0.39, 0.29) is 16.5 Å². The number of hydrogen-bond donors (Lipinski definition) is 1. The number of nitrogens with zero attached hydrogens (tertiary/aromatic N) is 2. The summed E-state index contributed by atoms with van der Waals surface area (Å²) in [4.78, 5) is 0. The van der Waals surface area contributed by atoms with Crippen LogP contribution in [0.1, 0.15) is 11.1 Å². The van der Waals surface area contributed by atoms with Crippen LogP contribution in [0.25, 0.3) is 0 Å². The van der Waals surface area contributed by atoms with Gasteiger partial charge in [0.05, 0.1) is 13.3 Å².